The molecule has 5 fully saturated rings. The summed E-state index contributed by atoms with van der Waals surface area (Å²) < 4.78 is 19.7. The molecule has 3 atom stereocenters. The molecule has 10 heteroatoms. The minimum Gasteiger partial charge on any atom is -0.445 e. The zero-order valence-electron chi connectivity index (χ0n) is 21.6. The summed E-state index contributed by atoms with van der Waals surface area (Å²) in [5, 5.41) is 19.3. The average molecular weight is 527 g/mol. The van der Waals surface area contributed by atoms with Gasteiger partial charge in [-0.25, -0.2) is 9.18 Å². The number of fused-ring (bicyclic) bond motifs is 3. The van der Waals surface area contributed by atoms with Crippen LogP contribution in [0.5, 0.6) is 0 Å². The number of ether oxygens (including phenoxy) is 1. The van der Waals surface area contributed by atoms with E-state index in [0.29, 0.717) is 58.0 Å². The smallest absolute Gasteiger partial charge is 0.411 e. The van der Waals surface area contributed by atoms with E-state index in [9.17, 15) is 29.1 Å². The normalized spacial score (nSPS) is 32.2. The molecule has 2 bridgehead atoms. The number of halogens is 1. The lowest BCUT2D eigenvalue weighted by Crippen LogP contribution is -2.63. The van der Waals surface area contributed by atoms with Gasteiger partial charge in [-0.2, -0.15) is 5.26 Å². The van der Waals surface area contributed by atoms with Crippen LogP contribution in [0.25, 0.3) is 0 Å². The van der Waals surface area contributed by atoms with Gasteiger partial charge in [0.25, 0.3) is 0 Å². The molecule has 3 saturated carbocycles. The van der Waals surface area contributed by atoms with E-state index >= 15 is 0 Å². The van der Waals surface area contributed by atoms with Crippen LogP contribution in [0.2, 0.25) is 0 Å². The lowest BCUT2D eigenvalue weighted by Gasteiger charge is -2.56. The molecule has 6 rings (SSSR count). The Hall–Kier alpha value is -3.19. The molecule has 3 aliphatic carbocycles. The zero-order valence-corrected chi connectivity index (χ0v) is 21.6. The third-order valence-electron chi connectivity index (χ3n) is 9.12. The van der Waals surface area contributed by atoms with E-state index in [1.807, 2.05) is 36.4 Å². The van der Waals surface area contributed by atoms with E-state index < -0.39 is 41.3 Å². The van der Waals surface area contributed by atoms with Gasteiger partial charge in [-0.3, -0.25) is 14.5 Å². The lowest BCUT2D eigenvalue weighted by molar-refractivity contribution is -0.153. The van der Waals surface area contributed by atoms with E-state index in [0.717, 1.165) is 5.56 Å². The van der Waals surface area contributed by atoms with E-state index in [1.165, 1.54) is 9.80 Å². The van der Waals surface area contributed by atoms with Crippen molar-refractivity contribution < 1.29 is 28.6 Å². The van der Waals surface area contributed by atoms with E-state index in [4.69, 9.17) is 4.74 Å². The van der Waals surface area contributed by atoms with Crippen LogP contribution >= 0.6 is 0 Å². The van der Waals surface area contributed by atoms with Gasteiger partial charge in [0.1, 0.15) is 25.4 Å². The van der Waals surface area contributed by atoms with Crippen molar-refractivity contribution in [3.63, 3.8) is 0 Å². The molecule has 2 aliphatic heterocycles. The number of β-amino-alcohol motifs (C(OH)–C–C–N with tert-alkyl or cyclic N) is 1. The van der Waals surface area contributed by atoms with E-state index in [1.54, 1.807) is 4.90 Å². The van der Waals surface area contributed by atoms with Gasteiger partial charge >= 0.3 is 6.09 Å². The number of hydrogen-bond donors (Lipinski definition) is 1. The largest absolute Gasteiger partial charge is 0.445 e. The van der Waals surface area contributed by atoms with Gasteiger partial charge in [-0.15, -0.1) is 0 Å². The zero-order chi connectivity index (χ0) is 26.9. The summed E-state index contributed by atoms with van der Waals surface area (Å²) in [7, 11) is 0. The fourth-order valence-electron chi connectivity index (χ4n) is 6.79. The molecule has 9 nitrogen and oxygen atoms in total. The summed E-state index contributed by atoms with van der Waals surface area (Å²) in [6, 6.07) is 10.4. The van der Waals surface area contributed by atoms with Gasteiger partial charge in [-0.05, 0) is 50.5 Å². The maximum Gasteiger partial charge on any atom is 0.411 e. The molecule has 5 aliphatic rings. The first-order valence-corrected chi connectivity index (χ1v) is 13.5. The standard InChI is InChI=1S/C28H35FN4O5/c29-21-14-22(15-30)32(16-21)24(35)18-33(26(37)38-19-20-4-2-1-3-5-20)28-10-7-27(8-11-28,9-12-28)25(36)31-13-6-23(34)17-31/h1-5,21-23,34H,6-14,16-19H2/t21-,22-,23-,27?,28?/m0/s1. The van der Waals surface area contributed by atoms with Crippen molar-refractivity contribution in [2.24, 2.45) is 5.41 Å². The Kier molecular flexibility index (Phi) is 7.32. The first-order chi connectivity index (χ1) is 18.2. The Labute approximate surface area is 222 Å². The number of alkyl halides is 1. The lowest BCUT2D eigenvalue weighted by atomic mass is 9.56. The fourth-order valence-corrected chi connectivity index (χ4v) is 6.79. The number of aliphatic hydroxyl groups is 1. The molecule has 2 saturated heterocycles. The molecule has 1 aromatic carbocycles. The van der Waals surface area contributed by atoms with Gasteiger partial charge in [0.15, 0.2) is 0 Å². The van der Waals surface area contributed by atoms with E-state index in [-0.39, 0.29) is 32.0 Å². The first-order valence-electron chi connectivity index (χ1n) is 13.5. The summed E-state index contributed by atoms with van der Waals surface area (Å²) >= 11 is 0. The second kappa shape index (κ2) is 10.5. The number of benzene rings is 1. The highest BCUT2D eigenvalue weighted by atomic mass is 19.1. The van der Waals surface area contributed by atoms with Gasteiger partial charge in [0.2, 0.25) is 11.8 Å². The van der Waals surface area contributed by atoms with Crippen molar-refractivity contribution in [2.45, 2.75) is 81.8 Å². The maximum atomic E-state index is 14.0. The third-order valence-corrected chi connectivity index (χ3v) is 9.12. The number of nitriles is 1. The number of carbonyl (C=O) groups is 3. The van der Waals surface area contributed by atoms with Crippen LogP contribution in [0.4, 0.5) is 9.18 Å². The van der Waals surface area contributed by atoms with Crippen LogP contribution in [0.1, 0.15) is 56.9 Å². The monoisotopic (exact) mass is 526 g/mol. The highest BCUT2D eigenvalue weighted by molar-refractivity contribution is 5.85. The van der Waals surface area contributed by atoms with Crippen LogP contribution in [0.15, 0.2) is 30.3 Å². The molecule has 0 spiro atoms. The first kappa shape index (κ1) is 26.4. The molecule has 38 heavy (non-hydrogen) atoms. The summed E-state index contributed by atoms with van der Waals surface area (Å²) in [5.41, 5.74) is -0.330. The second-order valence-corrected chi connectivity index (χ2v) is 11.3. The third kappa shape index (κ3) is 4.96. The Morgan fingerprint density at radius 3 is 2.39 bits per heavy atom. The fraction of sp³-hybridized carbons (Fsp3) is 0.643. The Morgan fingerprint density at radius 1 is 1.11 bits per heavy atom. The molecule has 0 aromatic heterocycles. The molecular formula is C28H35FN4O5. The molecule has 0 radical (unpaired) electrons. The van der Waals surface area contributed by atoms with Crippen molar-refractivity contribution >= 4 is 17.9 Å². The second-order valence-electron chi connectivity index (χ2n) is 11.3. The number of carbonyl (C=O) groups excluding carboxylic acids is 3. The van der Waals surface area contributed by atoms with Crippen LogP contribution in [0.3, 0.4) is 0 Å². The van der Waals surface area contributed by atoms with Crippen LogP contribution < -0.4 is 0 Å². The van der Waals surface area contributed by atoms with Crippen molar-refractivity contribution in [1.29, 1.82) is 5.26 Å². The molecule has 1 aromatic rings. The minimum absolute atomic E-state index is 0.0261. The molecular weight excluding hydrogens is 491 g/mol. The minimum atomic E-state index is -1.26. The van der Waals surface area contributed by atoms with Crippen LogP contribution in [0, 0.1) is 16.7 Å². The summed E-state index contributed by atoms with van der Waals surface area (Å²) in [4.78, 5) is 44.7. The van der Waals surface area contributed by atoms with Gasteiger partial charge < -0.3 is 19.6 Å². The Morgan fingerprint density at radius 2 is 1.79 bits per heavy atom. The average Bonchev–Trinajstić information content (AvgIpc) is 3.56. The maximum absolute atomic E-state index is 14.0. The number of amides is 3. The highest BCUT2D eigenvalue weighted by Gasteiger charge is 2.57. The molecule has 3 amide bonds. The Balaban J connectivity index is 1.33. The summed E-state index contributed by atoms with van der Waals surface area (Å²) in [6.07, 6.45) is 1.63. The van der Waals surface area contributed by atoms with Crippen molar-refractivity contribution in [3.05, 3.63) is 35.9 Å². The number of aliphatic hydroxyl groups excluding tert-OH is 1. The van der Waals surface area contributed by atoms with Gasteiger partial charge in [0.05, 0.1) is 18.7 Å². The Bertz CT molecular complexity index is 1080. The van der Waals surface area contributed by atoms with Crippen LogP contribution in [-0.2, 0) is 20.9 Å². The van der Waals surface area contributed by atoms with Gasteiger partial charge in [-0.1, -0.05) is 30.3 Å². The van der Waals surface area contributed by atoms with E-state index in [2.05, 4.69) is 0 Å². The predicted octanol–water partition coefficient (Wildman–Crippen LogP) is 2.77. The molecule has 2 heterocycles. The van der Waals surface area contributed by atoms with Crippen molar-refractivity contribution in [1.82, 2.24) is 14.7 Å². The SMILES string of the molecule is N#C[C@@H]1C[C@H](F)CN1C(=O)CN(C(=O)OCc1ccccc1)C12CCC(C(=O)N3CC[C@H](O)C3)(CC1)CC2. The quantitative estimate of drug-likeness (QED) is 0.610. The number of hydrogen-bond acceptors (Lipinski definition) is 6. The van der Waals surface area contributed by atoms with Gasteiger partial charge in [0, 0.05) is 30.5 Å². The number of rotatable bonds is 6. The molecule has 204 valence electrons. The molecule has 0 unspecified atom stereocenters. The highest BCUT2D eigenvalue weighted by Crippen LogP contribution is 2.55. The topological polar surface area (TPSA) is 114 Å². The summed E-state index contributed by atoms with van der Waals surface area (Å²) in [6.45, 7) is 0.527. The van der Waals surface area contributed by atoms with Crippen molar-refractivity contribution in [3.8, 4) is 6.07 Å². The van der Waals surface area contributed by atoms with Crippen molar-refractivity contribution in [2.75, 3.05) is 26.2 Å². The predicted molar refractivity (Wildman–Crippen MR) is 134 cm³/mol. The summed E-state index contributed by atoms with van der Waals surface area (Å²) in [5.74, 6) is -0.383. The molecule has 1 N–H and O–H groups in total. The number of likely N-dealkylation sites (tertiary alicyclic amines) is 2. The number of nitrogens with zero attached hydrogens (tertiary/aromatic N) is 4. The van der Waals surface area contributed by atoms with Crippen LogP contribution in [-0.4, -0.2) is 87.7 Å².